The van der Waals surface area contributed by atoms with Crippen molar-refractivity contribution >= 4 is 5.69 Å². The molecular formula is C19H29N. The molecule has 1 aromatic carbocycles. The quantitative estimate of drug-likeness (QED) is 0.676. The van der Waals surface area contributed by atoms with Crippen molar-refractivity contribution < 1.29 is 0 Å². The highest BCUT2D eigenvalue weighted by atomic mass is 15.0. The van der Waals surface area contributed by atoms with Gasteiger partial charge in [-0.25, -0.2) is 0 Å². The van der Waals surface area contributed by atoms with Crippen LogP contribution in [-0.2, 0) is 11.8 Å². The summed E-state index contributed by atoms with van der Waals surface area (Å²) in [7, 11) is 0. The maximum Gasteiger partial charge on any atom is 0.0402 e. The second kappa shape index (κ2) is 4.26. The average Bonchev–Trinajstić information content (AvgIpc) is 2.34. The minimum Gasteiger partial charge on any atom is -0.379 e. The molecule has 20 heavy (non-hydrogen) atoms. The fourth-order valence-corrected chi connectivity index (χ4v) is 4.11. The minimum absolute atomic E-state index is 0.239. The molecule has 1 fully saturated rings. The molecule has 1 heteroatoms. The highest BCUT2D eigenvalue weighted by Gasteiger charge is 2.49. The predicted octanol–water partition coefficient (Wildman–Crippen LogP) is 5.29. The first-order valence-corrected chi connectivity index (χ1v) is 8.15. The molecule has 2 atom stereocenters. The van der Waals surface area contributed by atoms with Crippen molar-refractivity contribution in [2.75, 3.05) is 5.32 Å². The summed E-state index contributed by atoms with van der Waals surface area (Å²) in [5.41, 5.74) is 5.29. The molecule has 2 aliphatic rings. The molecule has 0 spiro atoms. The number of anilines is 1. The second-order valence-electron chi connectivity index (χ2n) is 8.52. The van der Waals surface area contributed by atoms with Gasteiger partial charge in [0, 0.05) is 11.2 Å². The summed E-state index contributed by atoms with van der Waals surface area (Å²) < 4.78 is 0. The normalized spacial score (nSPS) is 33.0. The molecule has 1 nitrogen and oxygen atoms in total. The van der Waals surface area contributed by atoms with E-state index in [2.05, 4.69) is 58.1 Å². The molecule has 2 unspecified atom stereocenters. The summed E-state index contributed by atoms with van der Waals surface area (Å²) in [6, 6.07) is 7.07. The Kier molecular flexibility index (Phi) is 2.97. The van der Waals surface area contributed by atoms with Crippen LogP contribution in [0.4, 0.5) is 5.69 Å². The number of fused-ring (bicyclic) bond motifs is 2. The van der Waals surface area contributed by atoms with Gasteiger partial charge < -0.3 is 5.32 Å². The SMILES string of the molecule is CC(C)(C)c1ccc2c(c1)CC1(C)CCCCC1(C)N2. The van der Waals surface area contributed by atoms with Crippen LogP contribution in [0.25, 0.3) is 0 Å². The number of nitrogens with one attached hydrogen (secondary N) is 1. The van der Waals surface area contributed by atoms with Gasteiger partial charge in [0.25, 0.3) is 0 Å². The number of benzene rings is 1. The fraction of sp³-hybridized carbons (Fsp3) is 0.684. The number of rotatable bonds is 0. The van der Waals surface area contributed by atoms with Crippen LogP contribution in [0.3, 0.4) is 0 Å². The van der Waals surface area contributed by atoms with E-state index in [0.29, 0.717) is 5.41 Å². The predicted molar refractivity (Wildman–Crippen MR) is 87.4 cm³/mol. The molecule has 0 radical (unpaired) electrons. The van der Waals surface area contributed by atoms with Crippen LogP contribution in [0.2, 0.25) is 0 Å². The van der Waals surface area contributed by atoms with E-state index in [1.165, 1.54) is 48.9 Å². The first-order chi connectivity index (χ1) is 9.24. The van der Waals surface area contributed by atoms with E-state index >= 15 is 0 Å². The Balaban J connectivity index is 2.02. The maximum atomic E-state index is 3.89. The molecule has 1 aromatic rings. The van der Waals surface area contributed by atoms with E-state index in [9.17, 15) is 0 Å². The van der Waals surface area contributed by atoms with E-state index in [-0.39, 0.29) is 11.0 Å². The van der Waals surface area contributed by atoms with E-state index < -0.39 is 0 Å². The standard InChI is InChI=1S/C19H29N/c1-17(2,3)15-8-9-16-14(12-15)13-18(4)10-6-7-11-19(18,5)20-16/h8-9,12,20H,6-7,10-11,13H2,1-5H3. The first-order valence-electron chi connectivity index (χ1n) is 8.15. The monoisotopic (exact) mass is 271 g/mol. The van der Waals surface area contributed by atoms with E-state index in [1.807, 2.05) is 0 Å². The zero-order valence-corrected chi connectivity index (χ0v) is 13.8. The molecule has 1 heterocycles. The third-order valence-corrected chi connectivity index (χ3v) is 5.95. The lowest BCUT2D eigenvalue weighted by Crippen LogP contribution is -2.55. The smallest absolute Gasteiger partial charge is 0.0402 e. The van der Waals surface area contributed by atoms with Gasteiger partial charge in [-0.15, -0.1) is 0 Å². The molecule has 0 bridgehead atoms. The van der Waals surface area contributed by atoms with Crippen LogP contribution in [0.5, 0.6) is 0 Å². The fourth-order valence-electron chi connectivity index (χ4n) is 4.11. The van der Waals surface area contributed by atoms with Crippen molar-refractivity contribution in [2.24, 2.45) is 5.41 Å². The van der Waals surface area contributed by atoms with Gasteiger partial charge in [0.05, 0.1) is 0 Å². The summed E-state index contributed by atoms with van der Waals surface area (Å²) in [6.07, 6.45) is 6.66. The lowest BCUT2D eigenvalue weighted by atomic mass is 9.58. The molecule has 110 valence electrons. The Morgan fingerprint density at radius 2 is 1.75 bits per heavy atom. The first kappa shape index (κ1) is 14.0. The van der Waals surface area contributed by atoms with Gasteiger partial charge in [-0.2, -0.15) is 0 Å². The molecule has 1 N–H and O–H groups in total. The largest absolute Gasteiger partial charge is 0.379 e. The highest BCUT2D eigenvalue weighted by Crippen LogP contribution is 2.52. The zero-order chi connectivity index (χ0) is 14.6. The third-order valence-electron chi connectivity index (χ3n) is 5.95. The van der Waals surface area contributed by atoms with Crippen LogP contribution < -0.4 is 5.32 Å². The summed E-state index contributed by atoms with van der Waals surface area (Å²) in [5, 5.41) is 3.89. The Hall–Kier alpha value is -0.980. The molecule has 3 rings (SSSR count). The van der Waals surface area contributed by atoms with Crippen LogP contribution in [0.1, 0.15) is 71.4 Å². The Labute approximate surface area is 124 Å². The molecule has 1 aliphatic heterocycles. The Morgan fingerprint density at radius 1 is 1.05 bits per heavy atom. The van der Waals surface area contributed by atoms with Crippen molar-refractivity contribution in [3.05, 3.63) is 29.3 Å². The highest BCUT2D eigenvalue weighted by molar-refractivity contribution is 5.58. The van der Waals surface area contributed by atoms with Crippen molar-refractivity contribution in [1.82, 2.24) is 0 Å². The zero-order valence-electron chi connectivity index (χ0n) is 13.8. The van der Waals surface area contributed by atoms with E-state index in [0.717, 1.165) is 0 Å². The lowest BCUT2D eigenvalue weighted by molar-refractivity contribution is 0.105. The topological polar surface area (TPSA) is 12.0 Å². The molecule has 0 saturated heterocycles. The van der Waals surface area contributed by atoms with Gasteiger partial charge in [0.1, 0.15) is 0 Å². The molecule has 0 aromatic heterocycles. The molecular weight excluding hydrogens is 242 g/mol. The van der Waals surface area contributed by atoms with E-state index in [1.54, 1.807) is 0 Å². The third kappa shape index (κ3) is 2.06. The van der Waals surface area contributed by atoms with Gasteiger partial charge in [-0.1, -0.05) is 52.7 Å². The van der Waals surface area contributed by atoms with Crippen LogP contribution in [0.15, 0.2) is 18.2 Å². The van der Waals surface area contributed by atoms with Crippen LogP contribution >= 0.6 is 0 Å². The van der Waals surface area contributed by atoms with Gasteiger partial charge in [0.15, 0.2) is 0 Å². The maximum absolute atomic E-state index is 3.89. The number of hydrogen-bond donors (Lipinski definition) is 1. The van der Waals surface area contributed by atoms with E-state index in [4.69, 9.17) is 0 Å². The van der Waals surface area contributed by atoms with Gasteiger partial charge in [0.2, 0.25) is 0 Å². The molecule has 1 aliphatic carbocycles. The van der Waals surface area contributed by atoms with Crippen LogP contribution in [0, 0.1) is 5.41 Å². The van der Waals surface area contributed by atoms with Crippen molar-refractivity contribution in [1.29, 1.82) is 0 Å². The molecule has 0 amide bonds. The van der Waals surface area contributed by atoms with Crippen LogP contribution in [-0.4, -0.2) is 5.54 Å². The van der Waals surface area contributed by atoms with Gasteiger partial charge >= 0.3 is 0 Å². The molecule has 1 saturated carbocycles. The number of hydrogen-bond acceptors (Lipinski definition) is 1. The van der Waals surface area contributed by atoms with Gasteiger partial charge in [-0.05, 0) is 54.2 Å². The Bertz CT molecular complexity index is 525. The summed E-state index contributed by atoms with van der Waals surface area (Å²) in [6.45, 7) is 11.8. The average molecular weight is 271 g/mol. The second-order valence-corrected chi connectivity index (χ2v) is 8.52. The summed E-state index contributed by atoms with van der Waals surface area (Å²) >= 11 is 0. The minimum atomic E-state index is 0.239. The lowest BCUT2D eigenvalue weighted by Gasteiger charge is -2.54. The summed E-state index contributed by atoms with van der Waals surface area (Å²) in [5.74, 6) is 0. The van der Waals surface area contributed by atoms with Crippen molar-refractivity contribution in [2.45, 2.75) is 77.7 Å². The van der Waals surface area contributed by atoms with Crippen molar-refractivity contribution in [3.8, 4) is 0 Å². The Morgan fingerprint density at radius 3 is 2.45 bits per heavy atom. The van der Waals surface area contributed by atoms with Crippen molar-refractivity contribution in [3.63, 3.8) is 0 Å². The van der Waals surface area contributed by atoms with Gasteiger partial charge in [-0.3, -0.25) is 0 Å². The summed E-state index contributed by atoms with van der Waals surface area (Å²) in [4.78, 5) is 0.